The van der Waals surface area contributed by atoms with Gasteiger partial charge in [-0.15, -0.1) is 0 Å². The van der Waals surface area contributed by atoms with Gasteiger partial charge in [-0.3, -0.25) is 0 Å². The Balaban J connectivity index is 2.03. The first-order chi connectivity index (χ1) is 8.27. The molecule has 1 unspecified atom stereocenters. The van der Waals surface area contributed by atoms with Gasteiger partial charge in [-0.05, 0) is 11.5 Å². The molecule has 0 saturated carbocycles. The lowest BCUT2D eigenvalue weighted by atomic mass is 9.96. The van der Waals surface area contributed by atoms with Gasteiger partial charge in [-0.2, -0.15) is 0 Å². The van der Waals surface area contributed by atoms with Crippen molar-refractivity contribution in [3.05, 3.63) is 53.9 Å². The summed E-state index contributed by atoms with van der Waals surface area (Å²) in [4.78, 5) is 0. The first kappa shape index (κ1) is 11.9. The van der Waals surface area contributed by atoms with Crippen LogP contribution in [0.3, 0.4) is 0 Å². The van der Waals surface area contributed by atoms with Crippen LogP contribution in [0.15, 0.2) is 47.2 Å². The number of hydrogen-bond donors (Lipinski definition) is 1. The summed E-state index contributed by atoms with van der Waals surface area (Å²) in [5, 5.41) is 7.42. The van der Waals surface area contributed by atoms with Gasteiger partial charge in [0.2, 0.25) is 0 Å². The third-order valence-electron chi connectivity index (χ3n) is 2.82. The van der Waals surface area contributed by atoms with Gasteiger partial charge in [-0.1, -0.05) is 49.3 Å². The van der Waals surface area contributed by atoms with Crippen molar-refractivity contribution < 1.29 is 4.52 Å². The second-order valence-corrected chi connectivity index (χ2v) is 4.50. The molecule has 0 saturated heterocycles. The molecule has 3 heteroatoms. The Morgan fingerprint density at radius 2 is 1.94 bits per heavy atom. The van der Waals surface area contributed by atoms with Gasteiger partial charge in [0.1, 0.15) is 6.26 Å². The van der Waals surface area contributed by atoms with Crippen LogP contribution < -0.4 is 5.32 Å². The van der Waals surface area contributed by atoms with E-state index in [0.717, 1.165) is 12.2 Å². The monoisotopic (exact) mass is 230 g/mol. The van der Waals surface area contributed by atoms with Crippen LogP contribution in [0.2, 0.25) is 0 Å². The number of hydrogen-bond acceptors (Lipinski definition) is 3. The minimum absolute atomic E-state index is 0.341. The zero-order valence-electron chi connectivity index (χ0n) is 10.3. The van der Waals surface area contributed by atoms with E-state index in [1.54, 1.807) is 6.26 Å². The molecule has 2 aromatic rings. The zero-order chi connectivity index (χ0) is 12.1. The molecule has 1 aromatic heterocycles. The highest BCUT2D eigenvalue weighted by molar-refractivity contribution is 5.19. The van der Waals surface area contributed by atoms with E-state index in [4.69, 9.17) is 4.52 Å². The molecule has 0 aliphatic heterocycles. The van der Waals surface area contributed by atoms with Crippen LogP contribution in [0.5, 0.6) is 0 Å². The summed E-state index contributed by atoms with van der Waals surface area (Å²) >= 11 is 0. The Bertz CT molecular complexity index is 423. The van der Waals surface area contributed by atoms with Gasteiger partial charge < -0.3 is 9.84 Å². The first-order valence-corrected chi connectivity index (χ1v) is 5.95. The van der Waals surface area contributed by atoms with Crippen LogP contribution in [0.25, 0.3) is 0 Å². The lowest BCUT2D eigenvalue weighted by Gasteiger charge is -2.22. The minimum atomic E-state index is 0.341. The van der Waals surface area contributed by atoms with E-state index < -0.39 is 0 Å². The molecule has 0 aliphatic rings. The van der Waals surface area contributed by atoms with Crippen molar-refractivity contribution in [2.75, 3.05) is 0 Å². The maximum Gasteiger partial charge on any atom is 0.124 e. The summed E-state index contributed by atoms with van der Waals surface area (Å²) in [5.41, 5.74) is 2.25. The lowest BCUT2D eigenvalue weighted by Crippen LogP contribution is -2.25. The topological polar surface area (TPSA) is 38.1 Å². The Morgan fingerprint density at radius 3 is 2.53 bits per heavy atom. The largest absolute Gasteiger partial charge is 0.364 e. The Morgan fingerprint density at radius 1 is 1.18 bits per heavy atom. The van der Waals surface area contributed by atoms with Gasteiger partial charge in [0, 0.05) is 18.7 Å². The highest BCUT2D eigenvalue weighted by atomic mass is 16.5. The van der Waals surface area contributed by atoms with Crippen molar-refractivity contribution in [1.82, 2.24) is 10.5 Å². The molecule has 90 valence electrons. The maximum absolute atomic E-state index is 4.82. The standard InChI is InChI=1S/C14H18N2O/c1-11(2)14(12-6-4-3-5-7-12)15-10-13-8-9-17-16-13/h3-9,11,14-15H,10H2,1-2H3. The molecule has 0 amide bonds. The Hall–Kier alpha value is -1.61. The number of rotatable bonds is 5. The van der Waals surface area contributed by atoms with Crippen molar-refractivity contribution in [2.24, 2.45) is 5.92 Å². The summed E-state index contributed by atoms with van der Waals surface area (Å²) in [6, 6.07) is 12.7. The Labute approximate surface area is 102 Å². The molecular weight excluding hydrogens is 212 g/mol. The van der Waals surface area contributed by atoms with Crippen LogP contribution in [-0.4, -0.2) is 5.16 Å². The van der Waals surface area contributed by atoms with E-state index >= 15 is 0 Å². The average molecular weight is 230 g/mol. The summed E-state index contributed by atoms with van der Waals surface area (Å²) in [5.74, 6) is 0.532. The van der Waals surface area contributed by atoms with Crippen LogP contribution in [-0.2, 0) is 6.54 Å². The SMILES string of the molecule is CC(C)C(NCc1ccon1)c1ccccc1. The highest BCUT2D eigenvalue weighted by Crippen LogP contribution is 2.21. The van der Waals surface area contributed by atoms with Crippen LogP contribution in [0, 0.1) is 5.92 Å². The Kier molecular flexibility index (Phi) is 3.94. The molecule has 1 atom stereocenters. The van der Waals surface area contributed by atoms with Crippen LogP contribution >= 0.6 is 0 Å². The van der Waals surface area contributed by atoms with Gasteiger partial charge in [0.05, 0.1) is 5.69 Å². The molecule has 0 aliphatic carbocycles. The van der Waals surface area contributed by atoms with E-state index in [1.807, 2.05) is 12.1 Å². The minimum Gasteiger partial charge on any atom is -0.364 e. The fourth-order valence-electron chi connectivity index (χ4n) is 1.94. The molecule has 2 rings (SSSR count). The summed E-state index contributed by atoms with van der Waals surface area (Å²) < 4.78 is 4.82. The molecule has 1 aromatic carbocycles. The number of nitrogens with zero attached hydrogens (tertiary/aromatic N) is 1. The molecule has 1 heterocycles. The average Bonchev–Trinajstić information content (AvgIpc) is 2.83. The number of nitrogens with one attached hydrogen (secondary N) is 1. The zero-order valence-corrected chi connectivity index (χ0v) is 10.3. The van der Waals surface area contributed by atoms with Gasteiger partial charge >= 0.3 is 0 Å². The van der Waals surface area contributed by atoms with Gasteiger partial charge in [0.15, 0.2) is 0 Å². The summed E-state index contributed by atoms with van der Waals surface area (Å²) in [6.07, 6.45) is 1.60. The second-order valence-electron chi connectivity index (χ2n) is 4.50. The number of aromatic nitrogens is 1. The predicted octanol–water partition coefficient (Wildman–Crippen LogP) is 3.16. The van der Waals surface area contributed by atoms with Crippen LogP contribution in [0.4, 0.5) is 0 Å². The smallest absolute Gasteiger partial charge is 0.124 e. The number of benzene rings is 1. The fraction of sp³-hybridized carbons (Fsp3) is 0.357. The molecule has 17 heavy (non-hydrogen) atoms. The molecule has 0 radical (unpaired) electrons. The van der Waals surface area contributed by atoms with Crippen molar-refractivity contribution in [3.8, 4) is 0 Å². The highest BCUT2D eigenvalue weighted by Gasteiger charge is 2.14. The second kappa shape index (κ2) is 5.64. The first-order valence-electron chi connectivity index (χ1n) is 5.95. The maximum atomic E-state index is 4.82. The van der Waals surface area contributed by atoms with Crippen LogP contribution in [0.1, 0.15) is 31.1 Å². The van der Waals surface area contributed by atoms with Crippen molar-refractivity contribution in [2.45, 2.75) is 26.4 Å². The van der Waals surface area contributed by atoms with E-state index in [9.17, 15) is 0 Å². The van der Waals surface area contributed by atoms with Crippen molar-refractivity contribution in [1.29, 1.82) is 0 Å². The molecule has 0 spiro atoms. The van der Waals surface area contributed by atoms with Crippen molar-refractivity contribution in [3.63, 3.8) is 0 Å². The quantitative estimate of drug-likeness (QED) is 0.857. The molecule has 1 N–H and O–H groups in total. The van der Waals surface area contributed by atoms with E-state index in [1.165, 1.54) is 5.56 Å². The van der Waals surface area contributed by atoms with E-state index in [2.05, 4.69) is 48.6 Å². The van der Waals surface area contributed by atoms with Gasteiger partial charge in [0.25, 0.3) is 0 Å². The van der Waals surface area contributed by atoms with Crippen molar-refractivity contribution >= 4 is 0 Å². The lowest BCUT2D eigenvalue weighted by molar-refractivity contribution is 0.384. The summed E-state index contributed by atoms with van der Waals surface area (Å²) in [7, 11) is 0. The van der Waals surface area contributed by atoms with Gasteiger partial charge in [-0.25, -0.2) is 0 Å². The van der Waals surface area contributed by atoms with E-state index in [-0.39, 0.29) is 0 Å². The molecule has 0 fully saturated rings. The molecule has 0 bridgehead atoms. The third kappa shape index (κ3) is 3.17. The fourth-order valence-corrected chi connectivity index (χ4v) is 1.94. The van der Waals surface area contributed by atoms with E-state index in [0.29, 0.717) is 12.0 Å². The normalized spacial score (nSPS) is 12.9. The third-order valence-corrected chi connectivity index (χ3v) is 2.82. The molecule has 3 nitrogen and oxygen atoms in total. The molecular formula is C14H18N2O. The summed E-state index contributed by atoms with van der Waals surface area (Å²) in [6.45, 7) is 5.16. The predicted molar refractivity (Wildman–Crippen MR) is 67.4 cm³/mol.